The molecular formula is C18H16BrClN4OS. The smallest absolute Gasteiger partial charge is 0.234 e. The molecule has 1 N–H and O–H groups in total. The van der Waals surface area contributed by atoms with Crippen LogP contribution in [-0.4, -0.2) is 26.4 Å². The number of amides is 1. The first-order valence-electron chi connectivity index (χ1n) is 7.79. The second-order valence-electron chi connectivity index (χ2n) is 5.64. The number of hydrogen-bond acceptors (Lipinski definition) is 4. The minimum Gasteiger partial charge on any atom is -0.325 e. The molecule has 0 radical (unpaired) electrons. The first-order valence-corrected chi connectivity index (χ1v) is 9.94. The molecule has 0 bridgehead atoms. The van der Waals surface area contributed by atoms with Gasteiger partial charge in [0.15, 0.2) is 11.0 Å². The molecule has 26 heavy (non-hydrogen) atoms. The minimum absolute atomic E-state index is 0.0947. The molecule has 0 aliphatic carbocycles. The molecule has 5 nitrogen and oxygen atoms in total. The summed E-state index contributed by atoms with van der Waals surface area (Å²) in [7, 11) is 1.86. The lowest BCUT2D eigenvalue weighted by Crippen LogP contribution is -2.15. The van der Waals surface area contributed by atoms with E-state index >= 15 is 0 Å². The zero-order chi connectivity index (χ0) is 18.7. The van der Waals surface area contributed by atoms with Crippen molar-refractivity contribution < 1.29 is 4.79 Å². The van der Waals surface area contributed by atoms with Crippen LogP contribution in [0.4, 0.5) is 5.69 Å². The van der Waals surface area contributed by atoms with E-state index in [1.807, 2.05) is 61.0 Å². The molecule has 3 aromatic rings. The van der Waals surface area contributed by atoms with Crippen molar-refractivity contribution in [3.05, 3.63) is 57.5 Å². The van der Waals surface area contributed by atoms with Gasteiger partial charge in [0, 0.05) is 22.8 Å². The first kappa shape index (κ1) is 18.9. The highest BCUT2D eigenvalue weighted by molar-refractivity contribution is 9.10. The fourth-order valence-corrected chi connectivity index (χ4v) is 3.81. The van der Waals surface area contributed by atoms with Crippen molar-refractivity contribution in [1.29, 1.82) is 0 Å². The van der Waals surface area contributed by atoms with Gasteiger partial charge in [0.25, 0.3) is 0 Å². The van der Waals surface area contributed by atoms with Gasteiger partial charge in [0.2, 0.25) is 5.91 Å². The van der Waals surface area contributed by atoms with E-state index in [-0.39, 0.29) is 11.7 Å². The van der Waals surface area contributed by atoms with Gasteiger partial charge in [-0.05, 0) is 42.8 Å². The van der Waals surface area contributed by atoms with Crippen molar-refractivity contribution in [3.8, 4) is 11.4 Å². The Morgan fingerprint density at radius 1 is 1.27 bits per heavy atom. The Kier molecular flexibility index (Phi) is 6.01. The number of carbonyl (C=O) groups is 1. The summed E-state index contributed by atoms with van der Waals surface area (Å²) in [5.74, 6) is 0.814. The van der Waals surface area contributed by atoms with E-state index in [4.69, 9.17) is 11.6 Å². The molecule has 2 aromatic carbocycles. The highest BCUT2D eigenvalue weighted by atomic mass is 79.9. The van der Waals surface area contributed by atoms with E-state index in [1.165, 1.54) is 11.8 Å². The molecule has 0 spiro atoms. The summed E-state index contributed by atoms with van der Waals surface area (Å²) < 4.78 is 2.82. The molecule has 8 heteroatoms. The Morgan fingerprint density at radius 3 is 2.77 bits per heavy atom. The molecule has 0 aliphatic heterocycles. The van der Waals surface area contributed by atoms with Crippen LogP contribution in [0.2, 0.25) is 5.02 Å². The quantitative estimate of drug-likeness (QED) is 0.558. The van der Waals surface area contributed by atoms with E-state index < -0.39 is 0 Å². The van der Waals surface area contributed by atoms with Gasteiger partial charge in [0.05, 0.1) is 10.8 Å². The van der Waals surface area contributed by atoms with E-state index in [0.717, 1.165) is 21.3 Å². The van der Waals surface area contributed by atoms with Gasteiger partial charge >= 0.3 is 0 Å². The number of aromatic nitrogens is 3. The molecule has 134 valence electrons. The number of benzene rings is 2. The molecule has 0 saturated carbocycles. The van der Waals surface area contributed by atoms with E-state index in [1.54, 1.807) is 0 Å². The van der Waals surface area contributed by atoms with E-state index in [2.05, 4.69) is 31.4 Å². The Bertz CT molecular complexity index is 960. The molecule has 1 heterocycles. The van der Waals surface area contributed by atoms with Crippen molar-refractivity contribution in [2.75, 3.05) is 11.1 Å². The summed E-state index contributed by atoms with van der Waals surface area (Å²) in [4.78, 5) is 12.2. The Labute approximate surface area is 169 Å². The van der Waals surface area contributed by atoms with Crippen LogP contribution >= 0.6 is 39.3 Å². The lowest BCUT2D eigenvalue weighted by molar-refractivity contribution is -0.113. The highest BCUT2D eigenvalue weighted by Gasteiger charge is 2.15. The number of aryl methyl sites for hydroxylation is 1. The third-order valence-corrected chi connectivity index (χ3v) is 5.59. The van der Waals surface area contributed by atoms with Gasteiger partial charge in [-0.1, -0.05) is 51.4 Å². The third kappa shape index (κ3) is 4.28. The molecule has 1 aromatic heterocycles. The molecular weight excluding hydrogens is 436 g/mol. The number of thioether (sulfide) groups is 1. The second-order valence-corrected chi connectivity index (χ2v) is 7.91. The maximum Gasteiger partial charge on any atom is 0.234 e. The summed E-state index contributed by atoms with van der Waals surface area (Å²) in [5, 5.41) is 12.6. The highest BCUT2D eigenvalue weighted by Crippen LogP contribution is 2.28. The molecule has 0 unspecified atom stereocenters. The van der Waals surface area contributed by atoms with Crippen molar-refractivity contribution >= 4 is 50.9 Å². The van der Waals surface area contributed by atoms with Crippen LogP contribution in [0.3, 0.4) is 0 Å². The molecule has 0 aliphatic rings. The maximum absolute atomic E-state index is 12.2. The number of halogens is 2. The Balaban J connectivity index is 1.67. The van der Waals surface area contributed by atoms with Gasteiger partial charge in [-0.15, -0.1) is 10.2 Å². The fraction of sp³-hybridized carbons (Fsp3) is 0.167. The van der Waals surface area contributed by atoms with Crippen molar-refractivity contribution in [1.82, 2.24) is 14.8 Å². The Hall–Kier alpha value is -1.83. The van der Waals surface area contributed by atoms with Crippen LogP contribution < -0.4 is 5.32 Å². The molecule has 0 saturated heterocycles. The largest absolute Gasteiger partial charge is 0.325 e. The molecule has 1 amide bonds. The standard InChI is InChI=1S/C18H16BrClN4OS/c1-11-9-12(19)7-8-15(11)21-16(25)10-26-18-23-22-17(24(18)2)13-5-3-4-6-14(13)20/h3-9H,10H2,1-2H3,(H,21,25). The van der Waals surface area contributed by atoms with Gasteiger partial charge in [-0.25, -0.2) is 0 Å². The normalized spacial score (nSPS) is 10.8. The SMILES string of the molecule is Cc1cc(Br)ccc1NC(=O)CSc1nnc(-c2ccccc2Cl)n1C. The van der Waals surface area contributed by atoms with Gasteiger partial charge < -0.3 is 9.88 Å². The lowest BCUT2D eigenvalue weighted by Gasteiger charge is -2.09. The predicted octanol–water partition coefficient (Wildman–Crippen LogP) is 4.94. The van der Waals surface area contributed by atoms with Crippen LogP contribution in [0, 0.1) is 6.92 Å². The summed E-state index contributed by atoms with van der Waals surface area (Å²) >= 11 is 11.0. The number of hydrogen-bond donors (Lipinski definition) is 1. The number of nitrogens with one attached hydrogen (secondary N) is 1. The van der Waals surface area contributed by atoms with Crippen LogP contribution in [0.25, 0.3) is 11.4 Å². The first-order chi connectivity index (χ1) is 12.5. The molecule has 0 atom stereocenters. The number of nitrogens with zero attached hydrogens (tertiary/aromatic N) is 3. The Morgan fingerprint density at radius 2 is 2.04 bits per heavy atom. The second kappa shape index (κ2) is 8.24. The number of carbonyl (C=O) groups excluding carboxylic acids is 1. The van der Waals surface area contributed by atoms with E-state index in [0.29, 0.717) is 16.0 Å². The van der Waals surface area contributed by atoms with Crippen LogP contribution in [0.15, 0.2) is 52.1 Å². The zero-order valence-corrected chi connectivity index (χ0v) is 17.3. The van der Waals surface area contributed by atoms with Crippen LogP contribution in [0.1, 0.15) is 5.56 Å². The van der Waals surface area contributed by atoms with Gasteiger partial charge in [0.1, 0.15) is 0 Å². The zero-order valence-electron chi connectivity index (χ0n) is 14.2. The summed E-state index contributed by atoms with van der Waals surface area (Å²) in [5.41, 5.74) is 2.61. The predicted molar refractivity (Wildman–Crippen MR) is 110 cm³/mol. The molecule has 0 fully saturated rings. The summed E-state index contributed by atoms with van der Waals surface area (Å²) in [6.07, 6.45) is 0. The van der Waals surface area contributed by atoms with Gasteiger partial charge in [-0.2, -0.15) is 0 Å². The summed E-state index contributed by atoms with van der Waals surface area (Å²) in [6.45, 7) is 1.95. The average molecular weight is 452 g/mol. The number of rotatable bonds is 5. The maximum atomic E-state index is 12.2. The van der Waals surface area contributed by atoms with Crippen LogP contribution in [-0.2, 0) is 11.8 Å². The fourth-order valence-electron chi connectivity index (χ4n) is 2.40. The summed E-state index contributed by atoms with van der Waals surface area (Å²) in [6, 6.07) is 13.2. The third-order valence-electron chi connectivity index (χ3n) is 3.74. The topological polar surface area (TPSA) is 59.8 Å². The van der Waals surface area contributed by atoms with Crippen molar-refractivity contribution in [3.63, 3.8) is 0 Å². The van der Waals surface area contributed by atoms with Crippen LogP contribution in [0.5, 0.6) is 0 Å². The molecule has 3 rings (SSSR count). The van der Waals surface area contributed by atoms with E-state index in [9.17, 15) is 4.79 Å². The van der Waals surface area contributed by atoms with Crippen molar-refractivity contribution in [2.24, 2.45) is 7.05 Å². The number of anilines is 1. The monoisotopic (exact) mass is 450 g/mol. The van der Waals surface area contributed by atoms with Crippen molar-refractivity contribution in [2.45, 2.75) is 12.1 Å². The average Bonchev–Trinajstić information content (AvgIpc) is 2.97. The lowest BCUT2D eigenvalue weighted by atomic mass is 10.2. The minimum atomic E-state index is -0.0947. The van der Waals surface area contributed by atoms with Gasteiger partial charge in [-0.3, -0.25) is 4.79 Å².